The van der Waals surface area contributed by atoms with E-state index in [4.69, 9.17) is 5.26 Å². The molecule has 3 heteroatoms. The third-order valence-corrected chi connectivity index (χ3v) is 3.05. The molecule has 1 fully saturated rings. The number of nitriles is 1. The van der Waals surface area contributed by atoms with Crippen molar-refractivity contribution in [2.24, 2.45) is 0 Å². The van der Waals surface area contributed by atoms with Gasteiger partial charge >= 0.3 is 0 Å². The standard InChI is InChI=1S/C12H15N3/c1-2-10-5-4-8-15(10)12-6-3-7-14-11(12)9-13/h3,6-7,10H,2,4-5,8H2,1H3. The average Bonchev–Trinajstić information content (AvgIpc) is 2.76. The molecule has 1 atom stereocenters. The fourth-order valence-electron chi connectivity index (χ4n) is 2.29. The zero-order chi connectivity index (χ0) is 10.7. The predicted molar refractivity (Wildman–Crippen MR) is 59.6 cm³/mol. The summed E-state index contributed by atoms with van der Waals surface area (Å²) in [6.45, 7) is 3.25. The van der Waals surface area contributed by atoms with Crippen molar-refractivity contribution in [2.45, 2.75) is 32.2 Å². The van der Waals surface area contributed by atoms with Crippen LogP contribution < -0.4 is 4.90 Å². The fourth-order valence-corrected chi connectivity index (χ4v) is 2.29. The molecule has 1 unspecified atom stereocenters. The molecule has 0 N–H and O–H groups in total. The van der Waals surface area contributed by atoms with Crippen LogP contribution in [0.25, 0.3) is 0 Å². The van der Waals surface area contributed by atoms with Crippen molar-refractivity contribution in [2.75, 3.05) is 11.4 Å². The van der Waals surface area contributed by atoms with Crippen LogP contribution in [0, 0.1) is 11.3 Å². The van der Waals surface area contributed by atoms with Crippen LogP contribution in [0.2, 0.25) is 0 Å². The van der Waals surface area contributed by atoms with Gasteiger partial charge in [-0.05, 0) is 31.4 Å². The van der Waals surface area contributed by atoms with Crippen LogP contribution in [0.1, 0.15) is 31.9 Å². The van der Waals surface area contributed by atoms with Crippen LogP contribution in [0.4, 0.5) is 5.69 Å². The maximum atomic E-state index is 9.00. The first kappa shape index (κ1) is 9.97. The van der Waals surface area contributed by atoms with Gasteiger partial charge in [0.15, 0.2) is 5.69 Å². The lowest BCUT2D eigenvalue weighted by Crippen LogP contribution is -2.29. The molecular weight excluding hydrogens is 186 g/mol. The normalized spacial score (nSPS) is 20.3. The number of hydrogen-bond donors (Lipinski definition) is 0. The van der Waals surface area contributed by atoms with E-state index in [0.29, 0.717) is 11.7 Å². The van der Waals surface area contributed by atoms with E-state index in [2.05, 4.69) is 22.9 Å². The van der Waals surface area contributed by atoms with Crippen LogP contribution in [0.5, 0.6) is 0 Å². The van der Waals surface area contributed by atoms with Crippen molar-refractivity contribution in [3.05, 3.63) is 24.0 Å². The average molecular weight is 201 g/mol. The Morgan fingerprint density at radius 3 is 3.27 bits per heavy atom. The van der Waals surface area contributed by atoms with E-state index in [1.807, 2.05) is 12.1 Å². The monoisotopic (exact) mass is 201 g/mol. The number of anilines is 1. The highest BCUT2D eigenvalue weighted by atomic mass is 15.2. The highest BCUT2D eigenvalue weighted by Crippen LogP contribution is 2.28. The van der Waals surface area contributed by atoms with E-state index >= 15 is 0 Å². The van der Waals surface area contributed by atoms with Crippen LogP contribution in [0.3, 0.4) is 0 Å². The summed E-state index contributed by atoms with van der Waals surface area (Å²) in [4.78, 5) is 6.43. The van der Waals surface area contributed by atoms with Gasteiger partial charge in [0.1, 0.15) is 6.07 Å². The van der Waals surface area contributed by atoms with Crippen molar-refractivity contribution in [1.82, 2.24) is 4.98 Å². The molecule has 78 valence electrons. The summed E-state index contributed by atoms with van der Waals surface area (Å²) in [5.74, 6) is 0. The first-order valence-corrected chi connectivity index (χ1v) is 5.48. The van der Waals surface area contributed by atoms with Crippen molar-refractivity contribution in [3.8, 4) is 6.07 Å². The van der Waals surface area contributed by atoms with Gasteiger partial charge in [0.05, 0.1) is 5.69 Å². The van der Waals surface area contributed by atoms with Gasteiger partial charge in [-0.3, -0.25) is 0 Å². The van der Waals surface area contributed by atoms with Crippen molar-refractivity contribution < 1.29 is 0 Å². The number of rotatable bonds is 2. The first-order chi connectivity index (χ1) is 7.36. The van der Waals surface area contributed by atoms with E-state index < -0.39 is 0 Å². The third-order valence-electron chi connectivity index (χ3n) is 3.05. The highest BCUT2D eigenvalue weighted by Gasteiger charge is 2.24. The molecule has 0 bridgehead atoms. The molecule has 1 aromatic heterocycles. The van der Waals surface area contributed by atoms with Crippen LogP contribution in [0.15, 0.2) is 18.3 Å². The summed E-state index contributed by atoms with van der Waals surface area (Å²) in [5, 5.41) is 9.00. The topological polar surface area (TPSA) is 39.9 Å². The maximum absolute atomic E-state index is 9.00. The predicted octanol–water partition coefficient (Wildman–Crippen LogP) is 2.33. The molecule has 2 rings (SSSR count). The summed E-state index contributed by atoms with van der Waals surface area (Å²) in [6.07, 6.45) is 5.27. The van der Waals surface area contributed by atoms with Crippen LogP contribution >= 0.6 is 0 Å². The lowest BCUT2D eigenvalue weighted by molar-refractivity contribution is 0.644. The molecule has 1 aromatic rings. The van der Waals surface area contributed by atoms with Crippen LogP contribution in [-0.2, 0) is 0 Å². The first-order valence-electron chi connectivity index (χ1n) is 5.48. The lowest BCUT2D eigenvalue weighted by Gasteiger charge is -2.26. The molecule has 15 heavy (non-hydrogen) atoms. The Bertz CT molecular complexity index is 381. The Morgan fingerprint density at radius 2 is 2.53 bits per heavy atom. The summed E-state index contributed by atoms with van der Waals surface area (Å²) in [6, 6.07) is 6.65. The lowest BCUT2D eigenvalue weighted by atomic mass is 10.1. The zero-order valence-electron chi connectivity index (χ0n) is 8.98. The summed E-state index contributed by atoms with van der Waals surface area (Å²) in [5.41, 5.74) is 1.56. The summed E-state index contributed by atoms with van der Waals surface area (Å²) >= 11 is 0. The Hall–Kier alpha value is -1.56. The second-order valence-electron chi connectivity index (χ2n) is 3.88. The Morgan fingerprint density at radius 1 is 1.67 bits per heavy atom. The van der Waals surface area contributed by atoms with E-state index in [9.17, 15) is 0 Å². The maximum Gasteiger partial charge on any atom is 0.163 e. The second kappa shape index (κ2) is 4.31. The van der Waals surface area contributed by atoms with E-state index in [1.165, 1.54) is 12.8 Å². The minimum absolute atomic E-state index is 0.554. The van der Waals surface area contributed by atoms with Crippen molar-refractivity contribution in [1.29, 1.82) is 5.26 Å². The molecule has 2 heterocycles. The van der Waals surface area contributed by atoms with E-state index in [-0.39, 0.29) is 0 Å². The molecule has 0 saturated carbocycles. The Labute approximate surface area is 90.4 Å². The smallest absolute Gasteiger partial charge is 0.163 e. The summed E-state index contributed by atoms with van der Waals surface area (Å²) < 4.78 is 0. The number of hydrogen-bond acceptors (Lipinski definition) is 3. The van der Waals surface area contributed by atoms with Gasteiger partial charge in [0.2, 0.25) is 0 Å². The van der Waals surface area contributed by atoms with Gasteiger partial charge in [-0.25, -0.2) is 4.98 Å². The van der Waals surface area contributed by atoms with Crippen LogP contribution in [-0.4, -0.2) is 17.6 Å². The van der Waals surface area contributed by atoms with E-state index in [1.54, 1.807) is 6.20 Å². The quantitative estimate of drug-likeness (QED) is 0.737. The van der Waals surface area contributed by atoms with Gasteiger partial charge < -0.3 is 4.90 Å². The molecule has 1 aliphatic heterocycles. The molecule has 0 spiro atoms. The third kappa shape index (κ3) is 1.80. The minimum atomic E-state index is 0.554. The Kier molecular flexibility index (Phi) is 2.86. The van der Waals surface area contributed by atoms with Gasteiger partial charge in [-0.2, -0.15) is 5.26 Å². The van der Waals surface area contributed by atoms with Gasteiger partial charge in [-0.15, -0.1) is 0 Å². The van der Waals surface area contributed by atoms with Gasteiger partial charge in [-0.1, -0.05) is 6.92 Å². The molecule has 1 saturated heterocycles. The second-order valence-corrected chi connectivity index (χ2v) is 3.88. The number of pyridine rings is 1. The largest absolute Gasteiger partial charge is 0.366 e. The molecule has 0 radical (unpaired) electrons. The molecule has 3 nitrogen and oxygen atoms in total. The number of aromatic nitrogens is 1. The van der Waals surface area contributed by atoms with Crippen molar-refractivity contribution in [3.63, 3.8) is 0 Å². The number of nitrogens with zero attached hydrogens (tertiary/aromatic N) is 3. The van der Waals surface area contributed by atoms with Gasteiger partial charge in [0.25, 0.3) is 0 Å². The Balaban J connectivity index is 2.33. The molecule has 0 aromatic carbocycles. The molecule has 1 aliphatic rings. The molecule has 0 amide bonds. The minimum Gasteiger partial charge on any atom is -0.366 e. The van der Waals surface area contributed by atoms with E-state index in [0.717, 1.165) is 18.7 Å². The zero-order valence-corrected chi connectivity index (χ0v) is 8.98. The molecular formula is C12H15N3. The summed E-state index contributed by atoms with van der Waals surface area (Å²) in [7, 11) is 0. The fraction of sp³-hybridized carbons (Fsp3) is 0.500. The van der Waals surface area contributed by atoms with Crippen molar-refractivity contribution >= 4 is 5.69 Å². The van der Waals surface area contributed by atoms with Gasteiger partial charge in [0, 0.05) is 18.8 Å². The highest BCUT2D eigenvalue weighted by molar-refractivity contribution is 5.57. The SMILES string of the molecule is CCC1CCCN1c1cccnc1C#N. The molecule has 0 aliphatic carbocycles.